The average Bonchev–Trinajstić information content (AvgIpc) is 2.52. The topological polar surface area (TPSA) is 58.2 Å². The third-order valence-electron chi connectivity index (χ3n) is 3.93. The number of hydrogen-bond donors (Lipinski definition) is 2. The number of carbonyl (C=O) groups excluding carboxylic acids is 2. The summed E-state index contributed by atoms with van der Waals surface area (Å²) in [5.41, 5.74) is 0. The number of nitrogens with one attached hydrogen (secondary N) is 2. The van der Waals surface area contributed by atoms with E-state index in [1.807, 2.05) is 6.92 Å². The molecule has 0 rings (SSSR count). The quantitative estimate of drug-likeness (QED) is 0.479. The fourth-order valence-corrected chi connectivity index (χ4v) is 2.28. The Kier molecular flexibility index (Phi) is 14.1. The maximum absolute atomic E-state index is 11.9. The van der Waals surface area contributed by atoms with Crippen LogP contribution in [0.4, 0.5) is 0 Å². The maximum Gasteiger partial charge on any atom is 0.222 e. The van der Waals surface area contributed by atoms with Crippen molar-refractivity contribution in [3.8, 4) is 0 Å². The molecule has 22 heavy (non-hydrogen) atoms. The second-order valence-electron chi connectivity index (χ2n) is 6.20. The highest BCUT2D eigenvalue weighted by Gasteiger charge is 2.13. The van der Waals surface area contributed by atoms with Crippen LogP contribution in [-0.2, 0) is 9.59 Å². The molecule has 0 spiro atoms. The van der Waals surface area contributed by atoms with Crippen molar-refractivity contribution in [3.63, 3.8) is 0 Å². The van der Waals surface area contributed by atoms with Crippen molar-refractivity contribution in [1.82, 2.24) is 10.6 Å². The molecule has 0 aliphatic carbocycles. The minimum Gasteiger partial charge on any atom is -0.356 e. The third kappa shape index (κ3) is 12.7. The summed E-state index contributed by atoms with van der Waals surface area (Å²) in [5, 5.41) is 5.89. The summed E-state index contributed by atoms with van der Waals surface area (Å²) in [6, 6.07) is 0. The van der Waals surface area contributed by atoms with Crippen molar-refractivity contribution in [2.75, 3.05) is 13.1 Å². The molecule has 2 amide bonds. The molecular weight excluding hydrogens is 276 g/mol. The molecule has 0 aliphatic rings. The van der Waals surface area contributed by atoms with Gasteiger partial charge in [0, 0.05) is 25.4 Å². The van der Waals surface area contributed by atoms with Crippen LogP contribution in [0.25, 0.3) is 0 Å². The molecule has 0 heterocycles. The van der Waals surface area contributed by atoms with Gasteiger partial charge in [-0.1, -0.05) is 59.3 Å². The molecule has 130 valence electrons. The Bertz CT molecular complexity index is 293. The molecule has 0 radical (unpaired) electrons. The Balaban J connectivity index is 3.58. The van der Waals surface area contributed by atoms with Crippen molar-refractivity contribution in [1.29, 1.82) is 0 Å². The highest BCUT2D eigenvalue weighted by Crippen LogP contribution is 2.06. The van der Waals surface area contributed by atoms with E-state index in [9.17, 15) is 9.59 Å². The summed E-state index contributed by atoms with van der Waals surface area (Å²) in [7, 11) is 0. The Hall–Kier alpha value is -1.06. The van der Waals surface area contributed by atoms with E-state index in [-0.39, 0.29) is 17.7 Å². The van der Waals surface area contributed by atoms with Gasteiger partial charge in [-0.05, 0) is 19.3 Å². The van der Waals surface area contributed by atoms with E-state index in [0.29, 0.717) is 12.8 Å². The molecule has 4 heteroatoms. The summed E-state index contributed by atoms with van der Waals surface area (Å²) in [4.78, 5) is 23.6. The number of carbonyl (C=O) groups is 2. The van der Waals surface area contributed by atoms with Crippen LogP contribution in [0.5, 0.6) is 0 Å². The van der Waals surface area contributed by atoms with Crippen molar-refractivity contribution in [2.45, 2.75) is 85.0 Å². The normalized spacial score (nSPS) is 12.0. The van der Waals surface area contributed by atoms with Crippen LogP contribution in [0.3, 0.4) is 0 Å². The van der Waals surface area contributed by atoms with E-state index in [2.05, 4.69) is 24.5 Å². The Morgan fingerprint density at radius 1 is 0.818 bits per heavy atom. The molecule has 0 bridgehead atoms. The van der Waals surface area contributed by atoms with Crippen LogP contribution in [-0.4, -0.2) is 24.9 Å². The van der Waals surface area contributed by atoms with E-state index in [1.165, 1.54) is 38.5 Å². The molecule has 0 aromatic carbocycles. The minimum atomic E-state index is -0.0861. The molecular formula is C18H36N2O2. The standard InChI is InChI=1S/C18H36N2O2/c1-4-6-8-10-14-19-17(21)13-12-16(3)18(22)20-15-11-9-7-5-2/h16H,4-15H2,1-3H3,(H,19,21)(H,20,22). The van der Waals surface area contributed by atoms with E-state index in [1.54, 1.807) is 0 Å². The monoisotopic (exact) mass is 312 g/mol. The van der Waals surface area contributed by atoms with Gasteiger partial charge in [0.1, 0.15) is 0 Å². The fraction of sp³-hybridized carbons (Fsp3) is 0.889. The molecule has 1 atom stereocenters. The summed E-state index contributed by atoms with van der Waals surface area (Å²) < 4.78 is 0. The summed E-state index contributed by atoms with van der Waals surface area (Å²) in [6.07, 6.45) is 10.4. The van der Waals surface area contributed by atoms with Gasteiger partial charge in [0.15, 0.2) is 0 Å². The fourth-order valence-electron chi connectivity index (χ4n) is 2.28. The maximum atomic E-state index is 11.9. The Morgan fingerprint density at radius 2 is 1.36 bits per heavy atom. The van der Waals surface area contributed by atoms with Gasteiger partial charge >= 0.3 is 0 Å². The van der Waals surface area contributed by atoms with Crippen LogP contribution in [0.15, 0.2) is 0 Å². The van der Waals surface area contributed by atoms with E-state index in [4.69, 9.17) is 0 Å². The number of amides is 2. The lowest BCUT2D eigenvalue weighted by Gasteiger charge is -2.12. The molecule has 0 aromatic heterocycles. The summed E-state index contributed by atoms with van der Waals surface area (Å²) >= 11 is 0. The van der Waals surface area contributed by atoms with Crippen molar-refractivity contribution >= 4 is 11.8 Å². The first kappa shape index (κ1) is 20.9. The van der Waals surface area contributed by atoms with Crippen LogP contribution >= 0.6 is 0 Å². The molecule has 4 nitrogen and oxygen atoms in total. The van der Waals surface area contributed by atoms with Gasteiger partial charge < -0.3 is 10.6 Å². The van der Waals surface area contributed by atoms with Crippen molar-refractivity contribution < 1.29 is 9.59 Å². The van der Waals surface area contributed by atoms with E-state index < -0.39 is 0 Å². The van der Waals surface area contributed by atoms with Crippen molar-refractivity contribution in [2.24, 2.45) is 5.92 Å². The molecule has 0 aromatic rings. The predicted octanol–water partition coefficient (Wildman–Crippen LogP) is 3.80. The molecule has 0 fully saturated rings. The van der Waals surface area contributed by atoms with Crippen LogP contribution < -0.4 is 10.6 Å². The van der Waals surface area contributed by atoms with Gasteiger partial charge in [-0.3, -0.25) is 9.59 Å². The SMILES string of the molecule is CCCCCCNC(=O)CCC(C)C(=O)NCCCCCC. The first-order valence-electron chi connectivity index (χ1n) is 9.16. The molecule has 0 aliphatic heterocycles. The zero-order chi connectivity index (χ0) is 16.6. The highest BCUT2D eigenvalue weighted by atomic mass is 16.2. The van der Waals surface area contributed by atoms with Crippen LogP contribution in [0.2, 0.25) is 0 Å². The molecule has 2 N–H and O–H groups in total. The second-order valence-corrected chi connectivity index (χ2v) is 6.20. The largest absolute Gasteiger partial charge is 0.356 e. The molecule has 0 saturated heterocycles. The van der Waals surface area contributed by atoms with Gasteiger partial charge in [-0.25, -0.2) is 0 Å². The van der Waals surface area contributed by atoms with Gasteiger partial charge in [-0.15, -0.1) is 0 Å². The number of hydrogen-bond acceptors (Lipinski definition) is 2. The first-order chi connectivity index (χ1) is 10.6. The predicted molar refractivity (Wildman–Crippen MR) is 92.7 cm³/mol. The second kappa shape index (κ2) is 14.9. The van der Waals surface area contributed by atoms with Crippen molar-refractivity contribution in [3.05, 3.63) is 0 Å². The Morgan fingerprint density at radius 3 is 1.91 bits per heavy atom. The average molecular weight is 312 g/mol. The van der Waals surface area contributed by atoms with E-state index >= 15 is 0 Å². The number of unbranched alkanes of at least 4 members (excludes halogenated alkanes) is 6. The highest BCUT2D eigenvalue weighted by molar-refractivity contribution is 5.80. The lowest BCUT2D eigenvalue weighted by Crippen LogP contribution is -2.31. The lowest BCUT2D eigenvalue weighted by molar-refractivity contribution is -0.125. The summed E-state index contributed by atoms with van der Waals surface area (Å²) in [5.74, 6) is 0.0587. The van der Waals surface area contributed by atoms with E-state index in [0.717, 1.165) is 25.9 Å². The Labute approximate surface area is 136 Å². The van der Waals surface area contributed by atoms with Gasteiger partial charge in [0.05, 0.1) is 0 Å². The lowest BCUT2D eigenvalue weighted by atomic mass is 10.0. The van der Waals surface area contributed by atoms with Crippen LogP contribution in [0.1, 0.15) is 85.0 Å². The molecule has 1 unspecified atom stereocenters. The van der Waals surface area contributed by atoms with Gasteiger partial charge in [0.25, 0.3) is 0 Å². The summed E-state index contributed by atoms with van der Waals surface area (Å²) in [6.45, 7) is 7.77. The van der Waals surface area contributed by atoms with Gasteiger partial charge in [-0.2, -0.15) is 0 Å². The minimum absolute atomic E-state index is 0.0686. The van der Waals surface area contributed by atoms with Gasteiger partial charge in [0.2, 0.25) is 11.8 Å². The molecule has 0 saturated carbocycles. The van der Waals surface area contributed by atoms with Crippen LogP contribution in [0, 0.1) is 5.92 Å². The number of rotatable bonds is 14. The smallest absolute Gasteiger partial charge is 0.222 e. The zero-order valence-electron chi connectivity index (χ0n) is 14.9. The first-order valence-corrected chi connectivity index (χ1v) is 9.16. The third-order valence-corrected chi connectivity index (χ3v) is 3.93. The zero-order valence-corrected chi connectivity index (χ0v) is 14.9.